The van der Waals surface area contributed by atoms with Crippen molar-refractivity contribution in [1.29, 1.82) is 0 Å². The van der Waals surface area contributed by atoms with E-state index in [-0.39, 0.29) is 56.9 Å². The summed E-state index contributed by atoms with van der Waals surface area (Å²) >= 11 is 0. The monoisotopic (exact) mass is 517 g/mol. The van der Waals surface area contributed by atoms with Crippen LogP contribution in [-0.2, 0) is 19.2 Å². The van der Waals surface area contributed by atoms with Gasteiger partial charge in [-0.1, -0.05) is 7.43 Å². The normalized spacial score (nSPS) is 10.7. The molecule has 0 aromatic rings. The van der Waals surface area contributed by atoms with Crippen molar-refractivity contribution in [3.8, 4) is 0 Å². The SMILES string of the molecule is C.NCCCC(=O)CCN(CCC(=O)NCCN)CCN(CCC(=O)NCN)CCC(=O)NCCN. The van der Waals surface area contributed by atoms with Crippen LogP contribution in [0.3, 0.4) is 0 Å². The molecule has 0 saturated carbocycles. The van der Waals surface area contributed by atoms with Crippen LogP contribution >= 0.6 is 0 Å². The fourth-order valence-corrected chi connectivity index (χ4v) is 3.24. The molecule has 0 radical (unpaired) electrons. The summed E-state index contributed by atoms with van der Waals surface area (Å²) in [5, 5.41) is 8.06. The largest absolute Gasteiger partial charge is 0.355 e. The van der Waals surface area contributed by atoms with Crippen LogP contribution in [0.2, 0.25) is 0 Å². The van der Waals surface area contributed by atoms with Gasteiger partial charge >= 0.3 is 0 Å². The number of hydrogen-bond donors (Lipinski definition) is 7. The van der Waals surface area contributed by atoms with E-state index in [0.29, 0.717) is 91.3 Å². The van der Waals surface area contributed by atoms with Crippen LogP contribution in [0.4, 0.5) is 0 Å². The first kappa shape index (κ1) is 36.0. The zero-order valence-corrected chi connectivity index (χ0v) is 21.1. The summed E-state index contributed by atoms with van der Waals surface area (Å²) in [6.07, 6.45) is 2.30. The highest BCUT2D eigenvalue weighted by Crippen LogP contribution is 2.02. The molecule has 0 aromatic heterocycles. The maximum Gasteiger partial charge on any atom is 0.222 e. The van der Waals surface area contributed by atoms with Gasteiger partial charge in [-0.3, -0.25) is 19.2 Å². The van der Waals surface area contributed by atoms with Gasteiger partial charge in [-0.15, -0.1) is 0 Å². The van der Waals surface area contributed by atoms with Crippen molar-refractivity contribution in [2.75, 3.05) is 78.7 Å². The smallest absolute Gasteiger partial charge is 0.222 e. The van der Waals surface area contributed by atoms with E-state index in [0.717, 1.165) is 0 Å². The Hall–Kier alpha value is -2.16. The van der Waals surface area contributed by atoms with Crippen LogP contribution in [0.5, 0.6) is 0 Å². The van der Waals surface area contributed by atoms with E-state index in [4.69, 9.17) is 22.9 Å². The summed E-state index contributed by atoms with van der Waals surface area (Å²) in [4.78, 5) is 52.1. The minimum atomic E-state index is -0.163. The summed E-state index contributed by atoms with van der Waals surface area (Å²) < 4.78 is 0. The molecule has 13 heteroatoms. The average Bonchev–Trinajstić information content (AvgIpc) is 2.85. The summed E-state index contributed by atoms with van der Waals surface area (Å²) in [6, 6.07) is 0. The van der Waals surface area contributed by atoms with Gasteiger partial charge in [0.05, 0.1) is 6.67 Å². The predicted molar refractivity (Wildman–Crippen MR) is 143 cm³/mol. The highest BCUT2D eigenvalue weighted by molar-refractivity contribution is 5.78. The predicted octanol–water partition coefficient (Wildman–Crippen LogP) is -2.72. The maximum absolute atomic E-state index is 12.1. The Morgan fingerprint density at radius 2 is 0.944 bits per heavy atom. The Morgan fingerprint density at radius 1 is 0.528 bits per heavy atom. The number of hydrogen-bond acceptors (Lipinski definition) is 10. The van der Waals surface area contributed by atoms with Gasteiger partial charge in [0.25, 0.3) is 0 Å². The van der Waals surface area contributed by atoms with Crippen molar-refractivity contribution in [2.45, 2.75) is 46.0 Å². The summed E-state index contributed by atoms with van der Waals surface area (Å²) in [5.74, 6) is -0.225. The second kappa shape index (κ2) is 24.5. The lowest BCUT2D eigenvalue weighted by molar-refractivity contribution is -0.123. The Labute approximate surface area is 216 Å². The third kappa shape index (κ3) is 21.1. The standard InChI is InChI=1S/C22H47N9O4.CH4/c23-7-1-2-19(32)3-12-30(13-4-20(33)27-10-8-24)16-17-31(15-6-22(35)29-18-26)14-5-21(34)28-11-9-25;/h1-18,23-26H2,(H,27,33)(H,28,34)(H,29,35);1H4. The molecule has 0 saturated heterocycles. The maximum atomic E-state index is 12.1. The zero-order chi connectivity index (χ0) is 26.3. The first-order valence-electron chi connectivity index (χ1n) is 12.4. The van der Waals surface area contributed by atoms with Gasteiger partial charge in [0.1, 0.15) is 5.78 Å². The van der Waals surface area contributed by atoms with Crippen molar-refractivity contribution in [1.82, 2.24) is 25.8 Å². The lowest BCUT2D eigenvalue weighted by atomic mass is 10.1. The molecule has 36 heavy (non-hydrogen) atoms. The van der Waals surface area contributed by atoms with E-state index in [1.54, 1.807) is 0 Å². The fourth-order valence-electron chi connectivity index (χ4n) is 3.24. The number of nitrogens with two attached hydrogens (primary N) is 4. The Morgan fingerprint density at radius 3 is 1.33 bits per heavy atom. The number of amides is 3. The quantitative estimate of drug-likeness (QED) is 0.0695. The molecule has 0 fully saturated rings. The highest BCUT2D eigenvalue weighted by Gasteiger charge is 2.15. The van der Waals surface area contributed by atoms with Gasteiger partial charge in [-0.05, 0) is 13.0 Å². The summed E-state index contributed by atoms with van der Waals surface area (Å²) in [5.41, 5.74) is 21.7. The van der Waals surface area contributed by atoms with Gasteiger partial charge in [0, 0.05) is 97.6 Å². The van der Waals surface area contributed by atoms with Crippen molar-refractivity contribution < 1.29 is 19.2 Å². The van der Waals surface area contributed by atoms with E-state index >= 15 is 0 Å². The molecule has 0 aliphatic rings. The fraction of sp³-hybridized carbons (Fsp3) is 0.826. The zero-order valence-electron chi connectivity index (χ0n) is 21.1. The first-order chi connectivity index (χ1) is 16.9. The first-order valence-corrected chi connectivity index (χ1v) is 12.4. The van der Waals surface area contributed by atoms with Gasteiger partial charge in [0.15, 0.2) is 0 Å². The van der Waals surface area contributed by atoms with Gasteiger partial charge in [-0.25, -0.2) is 0 Å². The van der Waals surface area contributed by atoms with Crippen molar-refractivity contribution >= 4 is 23.5 Å². The molecule has 0 aliphatic carbocycles. The third-order valence-corrected chi connectivity index (χ3v) is 5.30. The molecular formula is C23H51N9O4. The molecule has 3 amide bonds. The minimum absolute atomic E-state index is 0. The Bertz CT molecular complexity index is 584. The van der Waals surface area contributed by atoms with E-state index in [2.05, 4.69) is 20.9 Å². The number of carbonyl (C=O) groups is 4. The second-order valence-corrected chi connectivity index (χ2v) is 8.20. The molecule has 11 N–H and O–H groups in total. The summed E-state index contributed by atoms with van der Waals surface area (Å²) in [6.45, 7) is 5.19. The van der Waals surface area contributed by atoms with Gasteiger partial charge in [-0.2, -0.15) is 0 Å². The van der Waals surface area contributed by atoms with E-state index in [9.17, 15) is 19.2 Å². The van der Waals surface area contributed by atoms with Gasteiger partial charge < -0.3 is 48.7 Å². The molecule has 13 nitrogen and oxygen atoms in total. The van der Waals surface area contributed by atoms with Crippen LogP contribution in [-0.4, -0.2) is 112 Å². The number of Topliss-reactive ketones (excluding diaryl/α,β-unsaturated/α-hetero) is 1. The number of nitrogens with one attached hydrogen (secondary N) is 3. The average molecular weight is 518 g/mol. The third-order valence-electron chi connectivity index (χ3n) is 5.30. The molecule has 0 spiro atoms. The lowest BCUT2D eigenvalue weighted by Gasteiger charge is -2.27. The molecule has 0 heterocycles. The summed E-state index contributed by atoms with van der Waals surface area (Å²) in [7, 11) is 0. The molecule has 0 aliphatic heterocycles. The van der Waals surface area contributed by atoms with Crippen LogP contribution in [0, 0.1) is 0 Å². The molecule has 0 aromatic carbocycles. The van der Waals surface area contributed by atoms with Crippen LogP contribution in [0.15, 0.2) is 0 Å². The molecule has 0 atom stereocenters. The number of carbonyl (C=O) groups excluding carboxylic acids is 4. The molecule has 0 rings (SSSR count). The number of ketones is 1. The number of nitrogens with zero attached hydrogens (tertiary/aromatic N) is 2. The Balaban J connectivity index is 0. The van der Waals surface area contributed by atoms with Crippen molar-refractivity contribution in [2.24, 2.45) is 22.9 Å². The minimum Gasteiger partial charge on any atom is -0.355 e. The lowest BCUT2D eigenvalue weighted by Crippen LogP contribution is -2.41. The second-order valence-electron chi connectivity index (χ2n) is 8.20. The van der Waals surface area contributed by atoms with Crippen molar-refractivity contribution in [3.05, 3.63) is 0 Å². The van der Waals surface area contributed by atoms with Crippen LogP contribution in [0.25, 0.3) is 0 Å². The van der Waals surface area contributed by atoms with Crippen LogP contribution in [0.1, 0.15) is 46.0 Å². The van der Waals surface area contributed by atoms with E-state index < -0.39 is 0 Å². The molecule has 212 valence electrons. The number of rotatable bonds is 23. The topological polar surface area (TPSA) is 215 Å². The molecule has 0 unspecified atom stereocenters. The van der Waals surface area contributed by atoms with E-state index in [1.165, 1.54) is 0 Å². The Kier molecular flexibility index (Phi) is 24.5. The molecular weight excluding hydrogens is 466 g/mol. The molecule has 0 bridgehead atoms. The van der Waals surface area contributed by atoms with Crippen molar-refractivity contribution in [3.63, 3.8) is 0 Å². The van der Waals surface area contributed by atoms with Gasteiger partial charge in [0.2, 0.25) is 17.7 Å². The van der Waals surface area contributed by atoms with Crippen LogP contribution < -0.4 is 38.9 Å². The highest BCUT2D eigenvalue weighted by atomic mass is 16.2. The van der Waals surface area contributed by atoms with E-state index in [1.807, 2.05) is 4.90 Å².